The standard InChI is InChI=1S/C13H25N3O2/c1-3-16(4-2)13(18)10-15-12(17)8-11-6-5-7-14-9-11/h11,14H,3-10H2,1-2H3,(H,15,17). The number of nitrogens with one attached hydrogen (secondary N) is 2. The number of hydrogen-bond donors (Lipinski definition) is 2. The lowest BCUT2D eigenvalue weighted by Crippen LogP contribution is -2.41. The summed E-state index contributed by atoms with van der Waals surface area (Å²) in [4.78, 5) is 25.1. The number of rotatable bonds is 6. The van der Waals surface area contributed by atoms with Crippen LogP contribution in [0.25, 0.3) is 0 Å². The monoisotopic (exact) mass is 255 g/mol. The summed E-state index contributed by atoms with van der Waals surface area (Å²) in [5, 5.41) is 6.01. The van der Waals surface area contributed by atoms with Crippen LogP contribution in [-0.4, -0.2) is 49.4 Å². The number of carbonyl (C=O) groups is 2. The molecule has 1 saturated heterocycles. The van der Waals surface area contributed by atoms with Gasteiger partial charge in [0.15, 0.2) is 0 Å². The predicted molar refractivity (Wildman–Crippen MR) is 71.1 cm³/mol. The maximum Gasteiger partial charge on any atom is 0.241 e. The summed E-state index contributed by atoms with van der Waals surface area (Å²) in [5.41, 5.74) is 0. The van der Waals surface area contributed by atoms with Crippen molar-refractivity contribution >= 4 is 11.8 Å². The molecular formula is C13H25N3O2. The summed E-state index contributed by atoms with van der Waals surface area (Å²) in [6.07, 6.45) is 2.76. The van der Waals surface area contributed by atoms with Gasteiger partial charge in [-0.25, -0.2) is 0 Å². The molecule has 1 heterocycles. The van der Waals surface area contributed by atoms with E-state index in [0.29, 0.717) is 25.4 Å². The third kappa shape index (κ3) is 5.04. The van der Waals surface area contributed by atoms with Crippen LogP contribution < -0.4 is 10.6 Å². The Labute approximate surface area is 109 Å². The maximum atomic E-state index is 11.7. The molecule has 0 bridgehead atoms. The van der Waals surface area contributed by atoms with Gasteiger partial charge in [0.05, 0.1) is 6.54 Å². The zero-order valence-electron chi connectivity index (χ0n) is 11.5. The Bertz CT molecular complexity index is 271. The van der Waals surface area contributed by atoms with E-state index in [1.807, 2.05) is 13.8 Å². The van der Waals surface area contributed by atoms with Gasteiger partial charge in [-0.3, -0.25) is 9.59 Å². The molecule has 1 aliphatic rings. The average Bonchev–Trinajstić information content (AvgIpc) is 2.39. The third-order valence-corrected chi connectivity index (χ3v) is 3.43. The van der Waals surface area contributed by atoms with Crippen molar-refractivity contribution in [2.75, 3.05) is 32.7 Å². The Kier molecular flexibility index (Phi) is 6.72. The fourth-order valence-electron chi connectivity index (χ4n) is 2.29. The van der Waals surface area contributed by atoms with Gasteiger partial charge in [0.25, 0.3) is 0 Å². The van der Waals surface area contributed by atoms with Crippen LogP contribution in [0.1, 0.15) is 33.1 Å². The van der Waals surface area contributed by atoms with Gasteiger partial charge in [0.2, 0.25) is 11.8 Å². The van der Waals surface area contributed by atoms with Crippen LogP contribution in [0.15, 0.2) is 0 Å². The minimum absolute atomic E-state index is 0.00452. The van der Waals surface area contributed by atoms with Gasteiger partial charge in [-0.15, -0.1) is 0 Å². The fraction of sp³-hybridized carbons (Fsp3) is 0.846. The lowest BCUT2D eigenvalue weighted by atomic mass is 9.96. The van der Waals surface area contributed by atoms with Crippen molar-refractivity contribution in [3.05, 3.63) is 0 Å². The third-order valence-electron chi connectivity index (χ3n) is 3.43. The number of hydrogen-bond acceptors (Lipinski definition) is 3. The number of likely N-dealkylation sites (N-methyl/N-ethyl adjacent to an activating group) is 1. The van der Waals surface area contributed by atoms with Gasteiger partial charge in [-0.05, 0) is 45.7 Å². The Morgan fingerprint density at radius 1 is 1.33 bits per heavy atom. The first-order valence-electron chi connectivity index (χ1n) is 6.92. The van der Waals surface area contributed by atoms with Crippen LogP contribution in [0.5, 0.6) is 0 Å². The van der Waals surface area contributed by atoms with Crippen LogP contribution in [0.4, 0.5) is 0 Å². The Balaban J connectivity index is 2.21. The molecule has 1 rings (SSSR count). The van der Waals surface area contributed by atoms with E-state index in [-0.39, 0.29) is 18.4 Å². The van der Waals surface area contributed by atoms with Crippen molar-refractivity contribution in [3.8, 4) is 0 Å². The lowest BCUT2D eigenvalue weighted by molar-refractivity contribution is -0.132. The molecule has 2 N–H and O–H groups in total. The van der Waals surface area contributed by atoms with Crippen LogP contribution in [0.2, 0.25) is 0 Å². The Morgan fingerprint density at radius 3 is 2.61 bits per heavy atom. The highest BCUT2D eigenvalue weighted by Gasteiger charge is 2.17. The normalized spacial score (nSPS) is 19.3. The van der Waals surface area contributed by atoms with Gasteiger partial charge in [-0.1, -0.05) is 0 Å². The molecule has 0 aliphatic carbocycles. The summed E-state index contributed by atoms with van der Waals surface area (Å²) >= 11 is 0. The van der Waals surface area contributed by atoms with Crippen molar-refractivity contribution in [2.45, 2.75) is 33.1 Å². The maximum absolute atomic E-state index is 11.7. The van der Waals surface area contributed by atoms with Crippen LogP contribution >= 0.6 is 0 Å². The van der Waals surface area contributed by atoms with Gasteiger partial charge >= 0.3 is 0 Å². The van der Waals surface area contributed by atoms with E-state index in [1.54, 1.807) is 4.90 Å². The molecule has 18 heavy (non-hydrogen) atoms. The second-order valence-corrected chi connectivity index (χ2v) is 4.76. The van der Waals surface area contributed by atoms with Crippen LogP contribution in [0, 0.1) is 5.92 Å². The Hall–Kier alpha value is -1.10. The minimum Gasteiger partial charge on any atom is -0.347 e. The highest BCUT2D eigenvalue weighted by molar-refractivity contribution is 5.84. The molecule has 5 nitrogen and oxygen atoms in total. The number of piperidine rings is 1. The Morgan fingerprint density at radius 2 is 2.06 bits per heavy atom. The van der Waals surface area contributed by atoms with Crippen LogP contribution in [-0.2, 0) is 9.59 Å². The van der Waals surface area contributed by atoms with E-state index in [0.717, 1.165) is 25.9 Å². The fourth-order valence-corrected chi connectivity index (χ4v) is 2.29. The minimum atomic E-state index is -0.00999. The van der Waals surface area contributed by atoms with E-state index in [1.165, 1.54) is 0 Å². The zero-order chi connectivity index (χ0) is 13.4. The van der Waals surface area contributed by atoms with Crippen molar-refractivity contribution in [3.63, 3.8) is 0 Å². The lowest BCUT2D eigenvalue weighted by Gasteiger charge is -2.22. The molecule has 2 amide bonds. The van der Waals surface area contributed by atoms with E-state index in [9.17, 15) is 9.59 Å². The summed E-state index contributed by atoms with van der Waals surface area (Å²) < 4.78 is 0. The quantitative estimate of drug-likeness (QED) is 0.720. The second-order valence-electron chi connectivity index (χ2n) is 4.76. The van der Waals surface area contributed by atoms with Crippen LogP contribution in [0.3, 0.4) is 0 Å². The van der Waals surface area contributed by atoms with Gasteiger partial charge in [-0.2, -0.15) is 0 Å². The number of carbonyl (C=O) groups excluding carboxylic acids is 2. The molecule has 1 atom stereocenters. The molecule has 0 radical (unpaired) electrons. The van der Waals surface area contributed by atoms with Gasteiger partial charge in [0, 0.05) is 19.5 Å². The molecule has 0 aromatic rings. The highest BCUT2D eigenvalue weighted by atomic mass is 16.2. The van der Waals surface area contributed by atoms with E-state index in [2.05, 4.69) is 10.6 Å². The molecule has 5 heteroatoms. The molecule has 0 saturated carbocycles. The number of nitrogens with zero attached hydrogens (tertiary/aromatic N) is 1. The molecule has 0 aromatic heterocycles. The van der Waals surface area contributed by atoms with Crippen molar-refractivity contribution in [1.82, 2.24) is 15.5 Å². The topological polar surface area (TPSA) is 61.4 Å². The largest absolute Gasteiger partial charge is 0.347 e. The molecule has 0 aromatic carbocycles. The summed E-state index contributed by atoms with van der Waals surface area (Å²) in [5.74, 6) is 0.404. The number of amides is 2. The van der Waals surface area contributed by atoms with E-state index >= 15 is 0 Å². The summed E-state index contributed by atoms with van der Waals surface area (Å²) in [6.45, 7) is 7.36. The highest BCUT2D eigenvalue weighted by Crippen LogP contribution is 2.13. The van der Waals surface area contributed by atoms with Crippen molar-refractivity contribution < 1.29 is 9.59 Å². The van der Waals surface area contributed by atoms with Gasteiger partial charge in [0.1, 0.15) is 0 Å². The molecule has 104 valence electrons. The van der Waals surface area contributed by atoms with Crippen molar-refractivity contribution in [1.29, 1.82) is 0 Å². The summed E-state index contributed by atoms with van der Waals surface area (Å²) in [6, 6.07) is 0. The summed E-state index contributed by atoms with van der Waals surface area (Å²) in [7, 11) is 0. The smallest absolute Gasteiger partial charge is 0.241 e. The van der Waals surface area contributed by atoms with E-state index in [4.69, 9.17) is 0 Å². The second kappa shape index (κ2) is 8.08. The molecule has 1 fully saturated rings. The first-order chi connectivity index (χ1) is 8.67. The first kappa shape index (κ1) is 15.0. The van der Waals surface area contributed by atoms with Crippen molar-refractivity contribution in [2.24, 2.45) is 5.92 Å². The van der Waals surface area contributed by atoms with Gasteiger partial charge < -0.3 is 15.5 Å². The average molecular weight is 255 g/mol. The molecule has 1 unspecified atom stereocenters. The molecule has 1 aliphatic heterocycles. The molecular weight excluding hydrogens is 230 g/mol. The first-order valence-corrected chi connectivity index (χ1v) is 6.92. The molecule has 0 spiro atoms. The van der Waals surface area contributed by atoms with E-state index < -0.39 is 0 Å². The SMILES string of the molecule is CCN(CC)C(=O)CNC(=O)CC1CCCNC1. The zero-order valence-corrected chi connectivity index (χ0v) is 11.5. The predicted octanol–water partition coefficient (Wildman–Crippen LogP) is 0.361.